The molecule has 0 aliphatic carbocycles. The lowest BCUT2D eigenvalue weighted by atomic mass is 9.90. The lowest BCUT2D eigenvalue weighted by Crippen LogP contribution is -2.64. The van der Waals surface area contributed by atoms with E-state index in [0.717, 1.165) is 41.4 Å². The Morgan fingerprint density at radius 3 is 1.54 bits per heavy atom. The summed E-state index contributed by atoms with van der Waals surface area (Å²) in [6.45, 7) is 31.3. The van der Waals surface area contributed by atoms with E-state index in [1.165, 1.54) is 94.8 Å². The summed E-state index contributed by atoms with van der Waals surface area (Å²) in [5.41, 5.74) is 0.835. The number of carbonyl (C=O) groups is 11. The van der Waals surface area contributed by atoms with E-state index < -0.39 is 167 Å². The van der Waals surface area contributed by atoms with Crippen LogP contribution >= 0.6 is 0 Å². The smallest absolute Gasteiger partial charge is 0.246 e. The number of hydrogen-bond donors (Lipinski definition) is 6. The van der Waals surface area contributed by atoms with E-state index >= 15 is 33.6 Å². The molecule has 0 radical (unpaired) electrons. The highest BCUT2D eigenvalue weighted by atomic mass is 19.1. The molecule has 2 heterocycles. The summed E-state index contributed by atoms with van der Waals surface area (Å²) in [5, 5.41) is 26.3. The van der Waals surface area contributed by atoms with Crippen molar-refractivity contribution >= 4 is 65.0 Å². The number of nitrogens with one attached hydrogen (secondary N) is 5. The first-order valence-corrected chi connectivity index (χ1v) is 36.7. The third-order valence-corrected chi connectivity index (χ3v) is 19.6. The molecule has 1 aromatic rings. The quantitative estimate of drug-likeness (QED) is 0.0829. The zero-order chi connectivity index (χ0) is 76.6. The van der Waals surface area contributed by atoms with Crippen molar-refractivity contribution in [2.75, 3.05) is 81.7 Å². The molecule has 27 heteroatoms. The molecule has 2 aliphatic rings. The van der Waals surface area contributed by atoms with Crippen molar-refractivity contribution < 1.29 is 71.7 Å². The van der Waals surface area contributed by atoms with Crippen molar-refractivity contribution in [1.82, 2.24) is 60.9 Å². The predicted octanol–water partition coefficient (Wildman–Crippen LogP) is 4.37. The Morgan fingerprint density at radius 1 is 0.515 bits per heavy atom. The van der Waals surface area contributed by atoms with Gasteiger partial charge in [0.1, 0.15) is 72.3 Å². The number of amides is 11. The van der Waals surface area contributed by atoms with Crippen LogP contribution in [-0.4, -0.2) is 265 Å². The third-order valence-electron chi connectivity index (χ3n) is 19.6. The van der Waals surface area contributed by atoms with Gasteiger partial charge in [0.25, 0.3) is 0 Å². The molecule has 0 spiro atoms. The van der Waals surface area contributed by atoms with Crippen molar-refractivity contribution in [3.8, 4) is 0 Å². The first kappa shape index (κ1) is 88.4. The summed E-state index contributed by atoms with van der Waals surface area (Å²) in [4.78, 5) is 173. The van der Waals surface area contributed by atoms with Crippen LogP contribution in [0.3, 0.4) is 0 Å². The van der Waals surface area contributed by atoms with Gasteiger partial charge in [0.2, 0.25) is 65.0 Å². The number of aliphatic hydroxyl groups excluding tert-OH is 1. The average molecular weight is 1430 g/mol. The first-order valence-electron chi connectivity index (χ1n) is 36.7. The van der Waals surface area contributed by atoms with Crippen molar-refractivity contribution in [2.24, 2.45) is 35.5 Å². The molecule has 2 aliphatic heterocycles. The summed E-state index contributed by atoms with van der Waals surface area (Å²) in [7, 11) is 8.49. The summed E-state index contributed by atoms with van der Waals surface area (Å²) >= 11 is 0. The lowest BCUT2D eigenvalue weighted by molar-refractivity contribution is -0.154. The highest BCUT2D eigenvalue weighted by Gasteiger charge is 2.45. The Kier molecular flexibility index (Phi) is 36.8. The van der Waals surface area contributed by atoms with E-state index in [9.17, 15) is 28.7 Å². The van der Waals surface area contributed by atoms with Crippen LogP contribution in [0.25, 0.3) is 0 Å². The number of aliphatic hydroxyl groups is 1. The monoisotopic (exact) mass is 1430 g/mol. The molecule has 11 amide bonds. The molecule has 1 aromatic carbocycles. The van der Waals surface area contributed by atoms with Crippen LogP contribution in [0.4, 0.5) is 4.39 Å². The van der Waals surface area contributed by atoms with Crippen LogP contribution in [0, 0.1) is 41.3 Å². The molecule has 574 valence electrons. The maximum Gasteiger partial charge on any atom is 0.246 e. The van der Waals surface area contributed by atoms with Crippen molar-refractivity contribution in [3.63, 3.8) is 0 Å². The second-order valence-corrected chi connectivity index (χ2v) is 30.2. The molecule has 14 atom stereocenters. The van der Waals surface area contributed by atoms with E-state index in [4.69, 9.17) is 9.47 Å². The number of morpholine rings is 1. The Hall–Kier alpha value is -6.84. The Labute approximate surface area is 601 Å². The molecule has 101 heavy (non-hydrogen) atoms. The van der Waals surface area contributed by atoms with Gasteiger partial charge in [-0.3, -0.25) is 57.6 Å². The van der Waals surface area contributed by atoms with Gasteiger partial charge in [0, 0.05) is 62.0 Å². The topological polar surface area (TPSA) is 309 Å². The second-order valence-electron chi connectivity index (χ2n) is 30.2. The number of rotatable bonds is 23. The van der Waals surface area contributed by atoms with E-state index in [2.05, 4.69) is 31.5 Å². The van der Waals surface area contributed by atoms with Crippen LogP contribution in [0.15, 0.2) is 24.3 Å². The minimum absolute atomic E-state index is 0.0280. The number of ether oxygens (including phenoxy) is 2. The standard InChI is InChI=1S/C74H127FN12O14/c1-23-27-55-71(96)81(17)51(15)70(95)86(22)62(52(16)101-37-25-24-34-87-35-38-100-39-36-87)68(93)79-59(46(8)9)74(99)82(18)56(40-43(2)3)65(90)76-49(13)64(89)77-50(14)69(94)83(19)57(41-44(4)5)72(97)84(20)58(42-45(6)7)73(98)85(21)61(47(10)11)67(92)80-60(66(91)78-55)63(88)48(12)28-26-29-53-30-32-54(75)33-31-53/h30-33,43-52,55-63,88H,23-29,34-42H2,1-22H3,(H,76,90)(H,77,89)(H,78,91)(H,79,93)(H,80,92)/t48-,49+,50-,51-,52-,55+,56+,57+,58+,59+,60+,61+,62+,63-/m1/s1. The van der Waals surface area contributed by atoms with E-state index in [-0.39, 0.29) is 50.0 Å². The van der Waals surface area contributed by atoms with Gasteiger partial charge in [-0.15, -0.1) is 0 Å². The lowest BCUT2D eigenvalue weighted by Gasteiger charge is -2.40. The van der Waals surface area contributed by atoms with Crippen LogP contribution in [0.2, 0.25) is 0 Å². The van der Waals surface area contributed by atoms with Crippen molar-refractivity contribution in [1.29, 1.82) is 0 Å². The van der Waals surface area contributed by atoms with Gasteiger partial charge >= 0.3 is 0 Å². The maximum atomic E-state index is 15.3. The Balaban J connectivity index is 2.32. The number of aryl methyl sites for hydroxylation is 1. The molecule has 3 rings (SSSR count). The van der Waals surface area contributed by atoms with Crippen LogP contribution in [0.5, 0.6) is 0 Å². The zero-order valence-corrected chi connectivity index (χ0v) is 64.9. The van der Waals surface area contributed by atoms with Crippen molar-refractivity contribution in [2.45, 2.75) is 254 Å². The van der Waals surface area contributed by atoms with Crippen LogP contribution in [-0.2, 0) is 68.6 Å². The van der Waals surface area contributed by atoms with Gasteiger partial charge in [0.15, 0.2) is 0 Å². The number of hydrogen-bond acceptors (Lipinski definition) is 15. The van der Waals surface area contributed by atoms with E-state index in [1.807, 2.05) is 41.5 Å². The second kappa shape index (κ2) is 42.1. The number of unbranched alkanes of at least 4 members (excludes halogenated alkanes) is 1. The number of nitrogens with zero attached hydrogens (tertiary/aromatic N) is 7. The fraction of sp³-hybridized carbons (Fsp3) is 0.770. The van der Waals surface area contributed by atoms with Gasteiger partial charge in [0.05, 0.1) is 25.4 Å². The molecule has 0 unspecified atom stereocenters. The fourth-order valence-corrected chi connectivity index (χ4v) is 13.2. The van der Waals surface area contributed by atoms with E-state index in [0.29, 0.717) is 45.3 Å². The first-order chi connectivity index (χ1) is 47.2. The molecular weight excluding hydrogens is 1300 g/mol. The Bertz CT molecular complexity index is 2880. The number of halogens is 1. The van der Waals surface area contributed by atoms with Gasteiger partial charge in [-0.05, 0) is 145 Å². The molecule has 0 saturated carbocycles. The summed E-state index contributed by atoms with van der Waals surface area (Å²) in [5.74, 6) is -10.9. The molecule has 26 nitrogen and oxygen atoms in total. The van der Waals surface area contributed by atoms with Crippen LogP contribution in [0.1, 0.15) is 174 Å². The summed E-state index contributed by atoms with van der Waals surface area (Å²) in [6.07, 6.45) is 0.784. The number of benzene rings is 1. The largest absolute Gasteiger partial charge is 0.390 e. The molecule has 2 fully saturated rings. The average Bonchev–Trinajstić information content (AvgIpc) is 0.820. The number of likely N-dealkylation sites (N-methyl/N-ethyl adjacent to an activating group) is 6. The molecule has 0 bridgehead atoms. The highest BCUT2D eigenvalue weighted by Crippen LogP contribution is 2.25. The SMILES string of the molecule is CCC[C@@H]1NC(=O)[C@H]([C@H](O)[C@H](C)CCCc2ccc(F)cc2)NC(=O)[C@H](C(C)C)N(C)C(=O)[C@H](CC(C)C)N(C)C(=O)[C@H](CC(C)C)N(C)C(=O)[C@@H](C)NC(=O)[C@H](C)NC(=O)[C@H](CC(C)C)N(C)C(=O)[C@H](C(C)C)NC(=O)[C@H]([C@@H](C)OCCCCN2CCOCC2)N(C)C(=O)[C@@H](C)N(C)C1=O. The highest BCUT2D eigenvalue weighted by molar-refractivity contribution is 6.00. The van der Waals surface area contributed by atoms with Crippen molar-refractivity contribution in [3.05, 3.63) is 35.6 Å². The molecule has 2 saturated heterocycles. The Morgan fingerprint density at radius 2 is 1.01 bits per heavy atom. The fourth-order valence-electron chi connectivity index (χ4n) is 13.2. The predicted molar refractivity (Wildman–Crippen MR) is 385 cm³/mol. The molecule has 6 N–H and O–H groups in total. The van der Waals surface area contributed by atoms with Gasteiger partial charge in [-0.25, -0.2) is 4.39 Å². The third kappa shape index (κ3) is 26.1. The van der Waals surface area contributed by atoms with Gasteiger partial charge < -0.3 is 70.6 Å². The maximum absolute atomic E-state index is 15.3. The minimum Gasteiger partial charge on any atom is -0.390 e. The number of carbonyl (C=O) groups excluding carboxylic acids is 11. The van der Waals surface area contributed by atoms with Gasteiger partial charge in [-0.1, -0.05) is 102 Å². The van der Waals surface area contributed by atoms with Gasteiger partial charge in [-0.2, -0.15) is 0 Å². The minimum atomic E-state index is -1.75. The zero-order valence-electron chi connectivity index (χ0n) is 64.9. The molecule has 0 aromatic heterocycles. The van der Waals surface area contributed by atoms with E-state index in [1.54, 1.807) is 60.6 Å². The van der Waals surface area contributed by atoms with Crippen LogP contribution < -0.4 is 26.6 Å². The normalized spacial score (nSPS) is 26.4. The molecular formula is C74H127FN12O14. The summed E-state index contributed by atoms with van der Waals surface area (Å²) in [6, 6.07) is -8.51. The summed E-state index contributed by atoms with van der Waals surface area (Å²) < 4.78 is 25.8.